The average molecular weight is 250 g/mol. The van der Waals surface area contributed by atoms with E-state index in [9.17, 15) is 0 Å². The second kappa shape index (κ2) is 5.70. The molecule has 0 spiro atoms. The Hall–Kier alpha value is -0.790. The lowest BCUT2D eigenvalue weighted by atomic mass is 9.92. The van der Waals surface area contributed by atoms with E-state index in [0.717, 1.165) is 23.6 Å². The van der Waals surface area contributed by atoms with Crippen LogP contribution in [0, 0.1) is 6.92 Å². The van der Waals surface area contributed by atoms with Crippen molar-refractivity contribution in [3.8, 4) is 0 Å². The summed E-state index contributed by atoms with van der Waals surface area (Å²) in [5.74, 6) is 0. The first-order chi connectivity index (χ1) is 8.20. The maximum atomic E-state index is 6.07. The molecule has 0 radical (unpaired) electrons. The quantitative estimate of drug-likeness (QED) is 0.847. The summed E-state index contributed by atoms with van der Waals surface area (Å²) in [6.07, 6.45) is 5.93. The van der Waals surface area contributed by atoms with Crippen molar-refractivity contribution in [3.05, 3.63) is 40.4 Å². The minimum Gasteiger partial charge on any atom is -0.310 e. The Kier molecular flexibility index (Phi) is 4.25. The molecule has 0 fully saturated rings. The summed E-state index contributed by atoms with van der Waals surface area (Å²) < 4.78 is 0. The lowest BCUT2D eigenvalue weighted by molar-refractivity contribution is 0.495. The van der Waals surface area contributed by atoms with E-state index in [2.05, 4.69) is 37.4 Å². The van der Waals surface area contributed by atoms with Gasteiger partial charge in [0.2, 0.25) is 0 Å². The summed E-state index contributed by atoms with van der Waals surface area (Å²) in [7, 11) is 0. The maximum Gasteiger partial charge on any atom is 0.0435 e. The van der Waals surface area contributed by atoms with Crippen molar-refractivity contribution in [1.29, 1.82) is 0 Å². The molecular formula is C15H20ClN. The molecule has 17 heavy (non-hydrogen) atoms. The number of aryl methyl sites for hydroxylation is 1. The molecule has 1 aromatic rings. The van der Waals surface area contributed by atoms with E-state index >= 15 is 0 Å². The van der Waals surface area contributed by atoms with E-state index in [4.69, 9.17) is 11.6 Å². The molecule has 0 saturated heterocycles. The first-order valence-electron chi connectivity index (χ1n) is 6.39. The van der Waals surface area contributed by atoms with Gasteiger partial charge in [0.05, 0.1) is 0 Å². The molecule has 92 valence electrons. The summed E-state index contributed by atoms with van der Waals surface area (Å²) in [4.78, 5) is 0. The van der Waals surface area contributed by atoms with Gasteiger partial charge in [-0.15, -0.1) is 0 Å². The van der Waals surface area contributed by atoms with Gasteiger partial charge in [-0.2, -0.15) is 0 Å². The van der Waals surface area contributed by atoms with E-state index < -0.39 is 0 Å². The standard InChI is InChI=1S/C15H20ClN/c1-3-4-14-10-13(7-8-17-14)12-5-6-15(16)11(2)9-12/h5-7,9,14,17H,3-4,8,10H2,1-2H3/t14-/m1/s1. The van der Waals surface area contributed by atoms with Crippen LogP contribution in [0.5, 0.6) is 0 Å². The predicted octanol–water partition coefficient (Wildman–Crippen LogP) is 4.19. The minimum atomic E-state index is 0.635. The van der Waals surface area contributed by atoms with Gasteiger partial charge in [0, 0.05) is 17.6 Å². The molecule has 0 saturated carbocycles. The molecule has 1 aliphatic rings. The monoisotopic (exact) mass is 249 g/mol. The van der Waals surface area contributed by atoms with E-state index in [-0.39, 0.29) is 0 Å². The first kappa shape index (κ1) is 12.7. The minimum absolute atomic E-state index is 0.635. The fraction of sp³-hybridized carbons (Fsp3) is 0.467. The molecule has 0 aliphatic carbocycles. The van der Waals surface area contributed by atoms with Crippen molar-refractivity contribution in [1.82, 2.24) is 5.32 Å². The lowest BCUT2D eigenvalue weighted by Gasteiger charge is -2.24. The van der Waals surface area contributed by atoms with Crippen LogP contribution in [0.1, 0.15) is 37.3 Å². The Bertz CT molecular complexity index is 423. The molecule has 1 nitrogen and oxygen atoms in total. The largest absolute Gasteiger partial charge is 0.310 e. The lowest BCUT2D eigenvalue weighted by Crippen LogP contribution is -2.32. The third kappa shape index (κ3) is 3.11. The second-order valence-corrected chi connectivity index (χ2v) is 5.20. The van der Waals surface area contributed by atoms with Crippen molar-refractivity contribution in [2.24, 2.45) is 0 Å². The highest BCUT2D eigenvalue weighted by molar-refractivity contribution is 6.31. The Labute approximate surface area is 109 Å². The van der Waals surface area contributed by atoms with E-state index in [1.165, 1.54) is 24.0 Å². The normalized spacial score (nSPS) is 20.2. The zero-order chi connectivity index (χ0) is 12.3. The number of rotatable bonds is 3. The van der Waals surface area contributed by atoms with Gasteiger partial charge in [-0.05, 0) is 42.5 Å². The summed E-state index contributed by atoms with van der Waals surface area (Å²) in [6.45, 7) is 5.30. The highest BCUT2D eigenvalue weighted by Gasteiger charge is 2.15. The Morgan fingerprint density at radius 2 is 2.24 bits per heavy atom. The molecule has 2 rings (SSSR count). The highest BCUT2D eigenvalue weighted by Crippen LogP contribution is 2.27. The van der Waals surface area contributed by atoms with Gasteiger partial charge in [0.15, 0.2) is 0 Å². The van der Waals surface area contributed by atoms with Gasteiger partial charge in [-0.3, -0.25) is 0 Å². The third-order valence-electron chi connectivity index (χ3n) is 3.39. The number of hydrogen-bond donors (Lipinski definition) is 1. The van der Waals surface area contributed by atoms with Gasteiger partial charge in [0.25, 0.3) is 0 Å². The van der Waals surface area contributed by atoms with Crippen LogP contribution in [-0.2, 0) is 0 Å². The second-order valence-electron chi connectivity index (χ2n) is 4.79. The maximum absolute atomic E-state index is 6.07. The molecule has 0 unspecified atom stereocenters. The Morgan fingerprint density at radius 1 is 1.41 bits per heavy atom. The zero-order valence-electron chi connectivity index (χ0n) is 10.6. The van der Waals surface area contributed by atoms with Crippen molar-refractivity contribution in [3.63, 3.8) is 0 Å². The van der Waals surface area contributed by atoms with Crippen molar-refractivity contribution >= 4 is 17.2 Å². The summed E-state index contributed by atoms with van der Waals surface area (Å²) in [5, 5.41) is 4.40. The molecule has 0 amide bonds. The van der Waals surface area contributed by atoms with Gasteiger partial charge < -0.3 is 5.32 Å². The topological polar surface area (TPSA) is 12.0 Å². The van der Waals surface area contributed by atoms with Crippen molar-refractivity contribution in [2.75, 3.05) is 6.54 Å². The van der Waals surface area contributed by atoms with Crippen LogP contribution >= 0.6 is 11.6 Å². The van der Waals surface area contributed by atoms with Crippen LogP contribution in [0.25, 0.3) is 5.57 Å². The van der Waals surface area contributed by atoms with Crippen LogP contribution < -0.4 is 5.32 Å². The summed E-state index contributed by atoms with van der Waals surface area (Å²) in [5.41, 5.74) is 3.95. The Balaban J connectivity index is 2.16. The fourth-order valence-electron chi connectivity index (χ4n) is 2.40. The number of halogens is 1. The Morgan fingerprint density at radius 3 is 2.94 bits per heavy atom. The van der Waals surface area contributed by atoms with Crippen LogP contribution in [0.4, 0.5) is 0 Å². The summed E-state index contributed by atoms with van der Waals surface area (Å²) in [6, 6.07) is 6.97. The van der Waals surface area contributed by atoms with Gasteiger partial charge in [-0.1, -0.05) is 43.2 Å². The van der Waals surface area contributed by atoms with Crippen LogP contribution in [-0.4, -0.2) is 12.6 Å². The summed E-state index contributed by atoms with van der Waals surface area (Å²) >= 11 is 6.07. The van der Waals surface area contributed by atoms with Gasteiger partial charge in [-0.25, -0.2) is 0 Å². The molecule has 1 atom stereocenters. The fourth-order valence-corrected chi connectivity index (χ4v) is 2.52. The molecular weight excluding hydrogens is 230 g/mol. The molecule has 2 heteroatoms. The van der Waals surface area contributed by atoms with Crippen LogP contribution in [0.15, 0.2) is 24.3 Å². The van der Waals surface area contributed by atoms with Gasteiger partial charge >= 0.3 is 0 Å². The van der Waals surface area contributed by atoms with E-state index in [1.54, 1.807) is 0 Å². The molecule has 0 aromatic heterocycles. The van der Waals surface area contributed by atoms with Crippen LogP contribution in [0.3, 0.4) is 0 Å². The predicted molar refractivity (Wildman–Crippen MR) is 75.5 cm³/mol. The molecule has 1 aromatic carbocycles. The van der Waals surface area contributed by atoms with E-state index in [1.807, 2.05) is 6.07 Å². The van der Waals surface area contributed by atoms with Gasteiger partial charge in [0.1, 0.15) is 0 Å². The smallest absolute Gasteiger partial charge is 0.0435 e. The first-order valence-corrected chi connectivity index (χ1v) is 6.77. The molecule has 1 heterocycles. The number of benzene rings is 1. The van der Waals surface area contributed by atoms with E-state index in [0.29, 0.717) is 6.04 Å². The molecule has 0 bridgehead atoms. The number of nitrogens with one attached hydrogen (secondary N) is 1. The molecule has 1 N–H and O–H groups in total. The zero-order valence-corrected chi connectivity index (χ0v) is 11.3. The molecule has 1 aliphatic heterocycles. The third-order valence-corrected chi connectivity index (χ3v) is 3.81. The SMILES string of the molecule is CCC[C@@H]1CC(c2ccc(Cl)c(C)c2)=CCN1. The van der Waals surface area contributed by atoms with Crippen molar-refractivity contribution < 1.29 is 0 Å². The van der Waals surface area contributed by atoms with Crippen molar-refractivity contribution in [2.45, 2.75) is 39.2 Å². The average Bonchev–Trinajstić information content (AvgIpc) is 2.33. The number of hydrogen-bond acceptors (Lipinski definition) is 1. The highest BCUT2D eigenvalue weighted by atomic mass is 35.5. The van der Waals surface area contributed by atoms with Crippen LogP contribution in [0.2, 0.25) is 5.02 Å².